The van der Waals surface area contributed by atoms with E-state index >= 15 is 0 Å². The van der Waals surface area contributed by atoms with E-state index in [1.54, 1.807) is 0 Å². The molecule has 0 aliphatic carbocycles. The van der Waals surface area contributed by atoms with Gasteiger partial charge in [-0.2, -0.15) is 0 Å². The van der Waals surface area contributed by atoms with E-state index in [4.69, 9.17) is 10.2 Å². The summed E-state index contributed by atoms with van der Waals surface area (Å²) in [6.07, 6.45) is 0.384. The number of rotatable bonds is 3. The van der Waals surface area contributed by atoms with Gasteiger partial charge in [-0.05, 0) is 13.3 Å². The second-order valence-corrected chi connectivity index (χ2v) is 1.69. The van der Waals surface area contributed by atoms with E-state index in [1.807, 2.05) is 6.92 Å². The third-order valence-corrected chi connectivity index (χ3v) is 0.707. The maximum atomic E-state index is 8.25. The minimum atomic E-state index is -0.366. The quantitative estimate of drug-likeness (QED) is 0.608. The molecule has 1 unspecified atom stereocenters. The van der Waals surface area contributed by atoms with Crippen LogP contribution in [0, 0.1) is 14.0 Å². The first-order chi connectivity index (χ1) is 4.68. The van der Waals surface area contributed by atoms with E-state index in [2.05, 4.69) is 18.8 Å². The number of hydrogen-bond acceptors (Lipinski definition) is 3. The maximum Gasteiger partial charge on any atom is 0.0701 e. The number of ether oxygens (including phenoxy) is 1. The molecule has 2 N–H and O–H groups in total. The van der Waals surface area contributed by atoms with Crippen LogP contribution >= 0.6 is 0 Å². The zero-order chi connectivity index (χ0) is 8.41. The summed E-state index contributed by atoms with van der Waals surface area (Å²) >= 11 is 0. The van der Waals surface area contributed by atoms with Crippen molar-refractivity contribution in [3.8, 4) is 0 Å². The molecular weight excluding hydrogens is 132 g/mol. The Kier molecular flexibility index (Phi) is 14.6. The molecule has 0 aliphatic rings. The molecule has 1 atom stereocenters. The zero-order valence-corrected chi connectivity index (χ0v) is 6.42. The van der Waals surface area contributed by atoms with Crippen LogP contribution in [0.25, 0.3) is 0 Å². The van der Waals surface area contributed by atoms with Crippen molar-refractivity contribution in [1.29, 1.82) is 0 Å². The Morgan fingerprint density at radius 1 is 1.60 bits per heavy atom. The largest absolute Gasteiger partial charge is 0.394 e. The molecule has 0 amide bonds. The summed E-state index contributed by atoms with van der Waals surface area (Å²) < 4.78 is 4.19. The van der Waals surface area contributed by atoms with E-state index in [9.17, 15) is 0 Å². The number of aliphatic hydroxyl groups excluding tert-OH is 2. The molecule has 3 nitrogen and oxygen atoms in total. The Morgan fingerprint density at radius 2 is 2.00 bits per heavy atom. The van der Waals surface area contributed by atoms with Crippen molar-refractivity contribution in [3.63, 3.8) is 0 Å². The standard InChI is InChI=1S/C4H9O.C3H7O2/c1-3-4(2)5;1-5-3-2-4/h4-5H,2-3H2,1H3;4H,1-3H2. The van der Waals surface area contributed by atoms with Gasteiger partial charge in [0.25, 0.3) is 0 Å². The molecule has 0 aromatic heterocycles. The van der Waals surface area contributed by atoms with Gasteiger partial charge in [-0.25, -0.2) is 0 Å². The zero-order valence-electron chi connectivity index (χ0n) is 6.42. The summed E-state index contributed by atoms with van der Waals surface area (Å²) in [5, 5.41) is 16.2. The van der Waals surface area contributed by atoms with Crippen molar-refractivity contribution < 1.29 is 14.9 Å². The normalized spacial score (nSPS) is 11.7. The van der Waals surface area contributed by atoms with Crippen LogP contribution in [0.2, 0.25) is 0 Å². The highest BCUT2D eigenvalue weighted by Crippen LogP contribution is 1.80. The van der Waals surface area contributed by atoms with Crippen molar-refractivity contribution in [2.45, 2.75) is 19.4 Å². The molecule has 0 spiro atoms. The summed E-state index contributed by atoms with van der Waals surface area (Å²) in [7, 11) is 3.02. The molecule has 62 valence electrons. The van der Waals surface area contributed by atoms with Gasteiger partial charge in [0.05, 0.1) is 26.4 Å². The lowest BCUT2D eigenvalue weighted by atomic mass is 10.3. The summed E-state index contributed by atoms with van der Waals surface area (Å²) in [5.41, 5.74) is 0. The summed E-state index contributed by atoms with van der Waals surface area (Å²) in [5.74, 6) is 0. The molecule has 0 aliphatic heterocycles. The smallest absolute Gasteiger partial charge is 0.0701 e. The van der Waals surface area contributed by atoms with Gasteiger partial charge >= 0.3 is 0 Å². The predicted octanol–water partition coefficient (Wildman–Crippen LogP) is 0.378. The second kappa shape index (κ2) is 11.6. The lowest BCUT2D eigenvalue weighted by Gasteiger charge is -1.90. The first-order valence-corrected chi connectivity index (χ1v) is 3.18. The first-order valence-electron chi connectivity index (χ1n) is 3.18. The van der Waals surface area contributed by atoms with Crippen LogP contribution in [0.5, 0.6) is 0 Å². The minimum Gasteiger partial charge on any atom is -0.394 e. The van der Waals surface area contributed by atoms with Crippen LogP contribution in [0.3, 0.4) is 0 Å². The van der Waals surface area contributed by atoms with Crippen molar-refractivity contribution >= 4 is 0 Å². The lowest BCUT2D eigenvalue weighted by molar-refractivity contribution is 0.162. The minimum absolute atomic E-state index is 0.0590. The highest BCUT2D eigenvalue weighted by atomic mass is 16.5. The molecule has 0 rings (SSSR count). The Hall–Kier alpha value is -0.120. The second-order valence-electron chi connectivity index (χ2n) is 1.69. The Balaban J connectivity index is 0. The van der Waals surface area contributed by atoms with Crippen LogP contribution in [0.15, 0.2) is 0 Å². The van der Waals surface area contributed by atoms with Crippen LogP contribution in [-0.2, 0) is 4.74 Å². The number of aliphatic hydroxyl groups is 2. The van der Waals surface area contributed by atoms with E-state index in [0.29, 0.717) is 6.61 Å². The predicted molar refractivity (Wildman–Crippen MR) is 40.0 cm³/mol. The average molecular weight is 148 g/mol. The molecule has 2 radical (unpaired) electrons. The van der Waals surface area contributed by atoms with Gasteiger partial charge in [-0.15, -0.1) is 0 Å². The molecular formula is C7H16O3. The summed E-state index contributed by atoms with van der Waals surface area (Å²) in [6.45, 7) is 5.59. The SMILES string of the molecule is [CH2]C(O)CC.[CH2]OCCO. The van der Waals surface area contributed by atoms with E-state index < -0.39 is 0 Å². The summed E-state index contributed by atoms with van der Waals surface area (Å²) in [6, 6.07) is 0. The lowest BCUT2D eigenvalue weighted by Crippen LogP contribution is -1.93. The third-order valence-electron chi connectivity index (χ3n) is 0.707. The van der Waals surface area contributed by atoms with Crippen LogP contribution in [0.1, 0.15) is 13.3 Å². The van der Waals surface area contributed by atoms with Crippen molar-refractivity contribution in [1.82, 2.24) is 0 Å². The fourth-order valence-corrected chi connectivity index (χ4v) is 0.0645. The molecule has 0 heterocycles. The molecule has 0 saturated heterocycles. The monoisotopic (exact) mass is 148 g/mol. The fraction of sp³-hybridized carbons (Fsp3) is 0.714. The maximum absolute atomic E-state index is 8.25. The highest BCUT2D eigenvalue weighted by Gasteiger charge is 1.82. The third kappa shape index (κ3) is 24.8. The Labute approximate surface area is 62.6 Å². The van der Waals surface area contributed by atoms with Gasteiger partial charge < -0.3 is 14.9 Å². The molecule has 0 fully saturated rings. The van der Waals surface area contributed by atoms with Crippen LogP contribution in [0.4, 0.5) is 0 Å². The van der Waals surface area contributed by atoms with Gasteiger partial charge in [-0.1, -0.05) is 6.92 Å². The van der Waals surface area contributed by atoms with E-state index in [0.717, 1.165) is 6.42 Å². The summed E-state index contributed by atoms with van der Waals surface area (Å²) in [4.78, 5) is 0. The van der Waals surface area contributed by atoms with Gasteiger partial charge in [-0.3, -0.25) is 0 Å². The molecule has 3 heteroatoms. The molecule has 0 aromatic rings. The van der Waals surface area contributed by atoms with Crippen molar-refractivity contribution in [2.75, 3.05) is 13.2 Å². The van der Waals surface area contributed by atoms with Gasteiger partial charge in [0.15, 0.2) is 0 Å². The van der Waals surface area contributed by atoms with Crippen LogP contribution in [-0.4, -0.2) is 29.5 Å². The van der Waals surface area contributed by atoms with Crippen molar-refractivity contribution in [3.05, 3.63) is 14.0 Å². The van der Waals surface area contributed by atoms with E-state index in [1.165, 1.54) is 0 Å². The Bertz CT molecular complexity index is 44.1. The molecule has 0 bridgehead atoms. The first kappa shape index (κ1) is 12.5. The topological polar surface area (TPSA) is 49.7 Å². The average Bonchev–Trinajstić information content (AvgIpc) is 1.91. The number of hydrogen-bond donors (Lipinski definition) is 2. The van der Waals surface area contributed by atoms with Gasteiger partial charge in [0.1, 0.15) is 0 Å². The van der Waals surface area contributed by atoms with Gasteiger partial charge in [0.2, 0.25) is 0 Å². The van der Waals surface area contributed by atoms with Crippen LogP contribution < -0.4 is 0 Å². The molecule has 0 aromatic carbocycles. The Morgan fingerprint density at radius 3 is 2.00 bits per heavy atom. The fourth-order valence-electron chi connectivity index (χ4n) is 0.0645. The molecule has 0 saturated carbocycles. The highest BCUT2D eigenvalue weighted by molar-refractivity contribution is 4.49. The molecule has 10 heavy (non-hydrogen) atoms. The van der Waals surface area contributed by atoms with Gasteiger partial charge in [0, 0.05) is 0 Å². The van der Waals surface area contributed by atoms with Crippen molar-refractivity contribution in [2.24, 2.45) is 0 Å². The van der Waals surface area contributed by atoms with E-state index in [-0.39, 0.29) is 12.7 Å².